The molecule has 0 aliphatic carbocycles. The lowest BCUT2D eigenvalue weighted by molar-refractivity contribution is -0.144. The molecule has 2 fully saturated rings. The number of phenols is 2. The van der Waals surface area contributed by atoms with Gasteiger partial charge in [0, 0.05) is 19.4 Å². The second-order valence-electron chi connectivity index (χ2n) is 10.0. The van der Waals surface area contributed by atoms with Gasteiger partial charge in [-0.1, -0.05) is 24.3 Å². The van der Waals surface area contributed by atoms with Crippen LogP contribution in [0.1, 0.15) is 36.8 Å². The molecule has 4 rings (SSSR count). The van der Waals surface area contributed by atoms with Gasteiger partial charge in [0.15, 0.2) is 0 Å². The number of carboxylic acids is 1. The number of nitrogens with one attached hydrogen (secondary N) is 3. The van der Waals surface area contributed by atoms with Crippen molar-refractivity contribution in [2.24, 2.45) is 0 Å². The van der Waals surface area contributed by atoms with Gasteiger partial charge in [0.25, 0.3) is 0 Å². The highest BCUT2D eigenvalue weighted by Crippen LogP contribution is 2.21. The topological polar surface area (TPSA) is 168 Å². The van der Waals surface area contributed by atoms with Crippen molar-refractivity contribution in [1.82, 2.24) is 20.9 Å². The average molecular weight is 539 g/mol. The zero-order valence-corrected chi connectivity index (χ0v) is 21.5. The summed E-state index contributed by atoms with van der Waals surface area (Å²) in [4.78, 5) is 53.2. The van der Waals surface area contributed by atoms with Crippen molar-refractivity contribution in [3.8, 4) is 11.5 Å². The zero-order valence-electron chi connectivity index (χ0n) is 21.5. The zero-order chi connectivity index (χ0) is 27.9. The molecule has 0 spiro atoms. The molecule has 208 valence electrons. The standard InChI is InChI=1S/C28H34N4O7/c33-19-9-5-17(6-10-19)15-22(30-25(35)21-3-1-13-29-21)27(37)32-14-2-4-24(32)26(36)31-23(28(38)39)16-18-7-11-20(34)12-8-18/h5-12,21-24,29,33-34H,1-4,13-16H2,(H,30,35)(H,31,36)(H,38,39)/t21-,22+,23+,24+/m1/s1. The number of aromatic hydroxyl groups is 2. The van der Waals surface area contributed by atoms with Crippen molar-refractivity contribution in [1.29, 1.82) is 0 Å². The van der Waals surface area contributed by atoms with Crippen LogP contribution in [0.15, 0.2) is 48.5 Å². The van der Waals surface area contributed by atoms with Crippen LogP contribution in [0.2, 0.25) is 0 Å². The Hall–Kier alpha value is -4.12. The summed E-state index contributed by atoms with van der Waals surface area (Å²) in [6.07, 6.45) is 2.63. The number of benzene rings is 2. The van der Waals surface area contributed by atoms with E-state index in [9.17, 15) is 34.5 Å². The summed E-state index contributed by atoms with van der Waals surface area (Å²) >= 11 is 0. The molecule has 11 heteroatoms. The van der Waals surface area contributed by atoms with Crippen LogP contribution < -0.4 is 16.0 Å². The Morgan fingerprint density at radius 3 is 1.92 bits per heavy atom. The summed E-state index contributed by atoms with van der Waals surface area (Å²) < 4.78 is 0. The van der Waals surface area contributed by atoms with Gasteiger partial charge in [-0.3, -0.25) is 14.4 Å². The number of carbonyl (C=O) groups excluding carboxylic acids is 3. The molecule has 0 unspecified atom stereocenters. The molecule has 0 saturated carbocycles. The van der Waals surface area contributed by atoms with Gasteiger partial charge in [-0.05, 0) is 67.6 Å². The summed E-state index contributed by atoms with van der Waals surface area (Å²) in [6, 6.07) is 8.97. The summed E-state index contributed by atoms with van der Waals surface area (Å²) in [5.74, 6) is -2.36. The molecule has 2 aliphatic rings. The first-order valence-corrected chi connectivity index (χ1v) is 13.1. The lowest BCUT2D eigenvalue weighted by atomic mass is 10.0. The molecule has 2 aliphatic heterocycles. The number of amides is 3. The van der Waals surface area contributed by atoms with Gasteiger partial charge in [-0.25, -0.2) is 4.79 Å². The van der Waals surface area contributed by atoms with E-state index < -0.39 is 42.0 Å². The van der Waals surface area contributed by atoms with Crippen molar-refractivity contribution in [3.05, 3.63) is 59.7 Å². The fraction of sp³-hybridized carbons (Fsp3) is 0.429. The van der Waals surface area contributed by atoms with E-state index in [2.05, 4.69) is 16.0 Å². The summed E-state index contributed by atoms with van der Waals surface area (Å²) in [5.41, 5.74) is 1.35. The van der Waals surface area contributed by atoms with Crippen molar-refractivity contribution < 1.29 is 34.5 Å². The van der Waals surface area contributed by atoms with Gasteiger partial charge >= 0.3 is 5.97 Å². The molecular weight excluding hydrogens is 504 g/mol. The minimum Gasteiger partial charge on any atom is -0.508 e. The van der Waals surface area contributed by atoms with E-state index in [1.54, 1.807) is 24.3 Å². The van der Waals surface area contributed by atoms with Crippen molar-refractivity contribution in [2.75, 3.05) is 13.1 Å². The first-order chi connectivity index (χ1) is 18.7. The normalized spacial score (nSPS) is 20.3. The van der Waals surface area contributed by atoms with Crippen molar-refractivity contribution in [2.45, 2.75) is 62.7 Å². The predicted molar refractivity (Wildman–Crippen MR) is 141 cm³/mol. The molecule has 2 aromatic rings. The number of phenolic OH excluding ortho intramolecular Hbond substituents is 2. The maximum absolute atomic E-state index is 13.7. The predicted octanol–water partition coefficient (Wildman–Crippen LogP) is 0.680. The van der Waals surface area contributed by atoms with Crippen molar-refractivity contribution >= 4 is 23.7 Å². The number of carboxylic acid groups (broad SMARTS) is 1. The third-order valence-electron chi connectivity index (χ3n) is 7.20. The minimum absolute atomic E-state index is 0.00986. The number of rotatable bonds is 10. The highest BCUT2D eigenvalue weighted by molar-refractivity contribution is 5.94. The molecular formula is C28H34N4O7. The molecule has 2 saturated heterocycles. The maximum atomic E-state index is 13.7. The monoisotopic (exact) mass is 538 g/mol. The molecule has 0 bridgehead atoms. The van der Waals surface area contributed by atoms with Crippen LogP contribution in [0.4, 0.5) is 0 Å². The van der Waals surface area contributed by atoms with Gasteiger partial charge in [0.05, 0.1) is 6.04 Å². The number of nitrogens with zero attached hydrogens (tertiary/aromatic N) is 1. The fourth-order valence-corrected chi connectivity index (χ4v) is 5.09. The highest BCUT2D eigenvalue weighted by atomic mass is 16.4. The molecule has 6 N–H and O–H groups in total. The number of aliphatic carboxylic acids is 1. The van der Waals surface area contributed by atoms with Crippen molar-refractivity contribution in [3.63, 3.8) is 0 Å². The van der Waals surface area contributed by atoms with E-state index in [4.69, 9.17) is 0 Å². The van der Waals surface area contributed by atoms with Crippen LogP contribution >= 0.6 is 0 Å². The number of carbonyl (C=O) groups is 4. The molecule has 11 nitrogen and oxygen atoms in total. The quantitative estimate of drug-likeness (QED) is 0.257. The molecule has 3 amide bonds. The maximum Gasteiger partial charge on any atom is 0.326 e. The van der Waals surface area contributed by atoms with Crippen LogP contribution in [-0.4, -0.2) is 81.2 Å². The third kappa shape index (κ3) is 7.26. The minimum atomic E-state index is -1.22. The smallest absolute Gasteiger partial charge is 0.326 e. The van der Waals surface area contributed by atoms with Gasteiger partial charge in [-0.15, -0.1) is 0 Å². The van der Waals surface area contributed by atoms with Crippen LogP contribution in [0.3, 0.4) is 0 Å². The molecule has 2 aromatic carbocycles. The Morgan fingerprint density at radius 1 is 0.821 bits per heavy atom. The second kappa shape index (κ2) is 12.6. The Morgan fingerprint density at radius 2 is 1.38 bits per heavy atom. The van der Waals surface area contributed by atoms with E-state index in [0.717, 1.165) is 18.5 Å². The summed E-state index contributed by atoms with van der Waals surface area (Å²) in [7, 11) is 0. The SMILES string of the molecule is O=C(O)[C@H](Cc1ccc(O)cc1)NC(=O)[C@@H]1CCCN1C(=O)[C@H](Cc1ccc(O)cc1)NC(=O)[C@H]1CCCN1. The number of likely N-dealkylation sites (tertiary alicyclic amines) is 1. The first-order valence-electron chi connectivity index (χ1n) is 13.1. The van der Waals surface area contributed by atoms with Crippen LogP contribution in [-0.2, 0) is 32.0 Å². The van der Waals surface area contributed by atoms with Gasteiger partial charge in [-0.2, -0.15) is 0 Å². The van der Waals surface area contributed by atoms with Gasteiger partial charge in [0.2, 0.25) is 17.7 Å². The Kier molecular flexibility index (Phi) is 9.03. The molecule has 4 atom stereocenters. The highest BCUT2D eigenvalue weighted by Gasteiger charge is 2.39. The number of hydrogen-bond acceptors (Lipinski definition) is 7. The molecule has 39 heavy (non-hydrogen) atoms. The van der Waals surface area contributed by atoms with Crippen LogP contribution in [0.25, 0.3) is 0 Å². The lowest BCUT2D eigenvalue weighted by Gasteiger charge is -2.30. The van der Waals surface area contributed by atoms with Crippen LogP contribution in [0, 0.1) is 0 Å². The van der Waals surface area contributed by atoms with E-state index in [1.807, 2.05) is 0 Å². The Bertz CT molecular complexity index is 1180. The Balaban J connectivity index is 1.48. The second-order valence-corrected chi connectivity index (χ2v) is 10.0. The Labute approximate surface area is 226 Å². The molecule has 0 aromatic heterocycles. The largest absolute Gasteiger partial charge is 0.508 e. The third-order valence-corrected chi connectivity index (χ3v) is 7.20. The average Bonchev–Trinajstić information content (AvgIpc) is 3.63. The van der Waals surface area contributed by atoms with E-state index in [0.29, 0.717) is 31.4 Å². The molecule has 2 heterocycles. The van der Waals surface area contributed by atoms with E-state index in [-0.39, 0.29) is 30.2 Å². The van der Waals surface area contributed by atoms with Gasteiger partial charge in [0.1, 0.15) is 29.6 Å². The van der Waals surface area contributed by atoms with Crippen LogP contribution in [0.5, 0.6) is 11.5 Å². The number of hydrogen-bond donors (Lipinski definition) is 6. The van der Waals surface area contributed by atoms with Gasteiger partial charge < -0.3 is 36.2 Å². The first kappa shape index (κ1) is 27.9. The summed E-state index contributed by atoms with van der Waals surface area (Å²) in [6.45, 7) is 1.02. The summed E-state index contributed by atoms with van der Waals surface area (Å²) in [5, 5.41) is 37.3. The fourth-order valence-electron chi connectivity index (χ4n) is 5.09. The molecule has 0 radical (unpaired) electrons. The van der Waals surface area contributed by atoms with E-state index >= 15 is 0 Å². The lowest BCUT2D eigenvalue weighted by Crippen LogP contribution is -2.57. The van der Waals surface area contributed by atoms with E-state index in [1.165, 1.54) is 29.2 Å².